The van der Waals surface area contributed by atoms with Crippen LogP contribution in [0.25, 0.3) is 11.0 Å². The predicted molar refractivity (Wildman–Crippen MR) is 92.7 cm³/mol. The molecule has 2 heterocycles. The molecular weight excluding hydrogens is 308 g/mol. The maximum absolute atomic E-state index is 5.41. The third kappa shape index (κ3) is 2.90. The van der Waals surface area contributed by atoms with Crippen LogP contribution in [0.3, 0.4) is 0 Å². The molecule has 8 heteroatoms. The zero-order valence-electron chi connectivity index (χ0n) is 14.1. The Morgan fingerprint density at radius 3 is 2.71 bits per heavy atom. The van der Waals surface area contributed by atoms with Gasteiger partial charge in [-0.2, -0.15) is 15.1 Å². The lowest BCUT2D eigenvalue weighted by Crippen LogP contribution is -2.07. The first-order valence-electron chi connectivity index (χ1n) is 7.48. The minimum atomic E-state index is 0.532. The largest absolute Gasteiger partial charge is 0.497 e. The summed E-state index contributed by atoms with van der Waals surface area (Å²) in [6, 6.07) is 5.69. The van der Waals surface area contributed by atoms with E-state index in [1.165, 1.54) is 0 Å². The number of rotatable bonds is 6. The Labute approximate surface area is 139 Å². The Morgan fingerprint density at radius 1 is 1.17 bits per heavy atom. The normalized spacial score (nSPS) is 10.7. The Morgan fingerprint density at radius 2 is 2.00 bits per heavy atom. The van der Waals surface area contributed by atoms with Crippen molar-refractivity contribution in [2.45, 2.75) is 6.54 Å². The molecule has 0 saturated carbocycles. The summed E-state index contributed by atoms with van der Waals surface area (Å²) in [7, 11) is 6.92. The fourth-order valence-corrected chi connectivity index (χ4v) is 2.47. The quantitative estimate of drug-likeness (QED) is 0.716. The average molecular weight is 328 g/mol. The standard InChI is InChI=1S/C16H20N6O2/c1-17-16-20-14(12-9-19-22(2)15(12)21-16)18-8-10-7-11(23-3)5-6-13(10)24-4/h5-7,9H,8H2,1-4H3,(H2,17,18,20,21). The molecule has 0 unspecified atom stereocenters. The van der Waals surface area contributed by atoms with Crippen molar-refractivity contribution < 1.29 is 9.47 Å². The van der Waals surface area contributed by atoms with Gasteiger partial charge in [-0.25, -0.2) is 0 Å². The molecule has 0 atom stereocenters. The molecule has 24 heavy (non-hydrogen) atoms. The van der Waals surface area contributed by atoms with Gasteiger partial charge in [0.15, 0.2) is 5.65 Å². The number of anilines is 2. The van der Waals surface area contributed by atoms with Crippen molar-refractivity contribution in [2.24, 2.45) is 7.05 Å². The van der Waals surface area contributed by atoms with Gasteiger partial charge in [0.05, 0.1) is 25.8 Å². The summed E-state index contributed by atoms with van der Waals surface area (Å²) < 4.78 is 12.4. The van der Waals surface area contributed by atoms with Crippen molar-refractivity contribution in [2.75, 3.05) is 31.9 Å². The number of fused-ring (bicyclic) bond motifs is 1. The van der Waals surface area contributed by atoms with Crippen molar-refractivity contribution in [3.05, 3.63) is 30.0 Å². The van der Waals surface area contributed by atoms with E-state index in [9.17, 15) is 0 Å². The molecule has 1 aromatic carbocycles. The van der Waals surface area contributed by atoms with Crippen LogP contribution in [0.15, 0.2) is 24.4 Å². The van der Waals surface area contributed by atoms with Crippen molar-refractivity contribution in [1.82, 2.24) is 19.7 Å². The number of benzene rings is 1. The molecule has 0 amide bonds. The van der Waals surface area contributed by atoms with E-state index in [4.69, 9.17) is 9.47 Å². The Kier molecular flexibility index (Phi) is 4.37. The first-order valence-corrected chi connectivity index (χ1v) is 7.48. The maximum Gasteiger partial charge on any atom is 0.226 e. The second kappa shape index (κ2) is 6.61. The molecule has 3 rings (SSSR count). The smallest absolute Gasteiger partial charge is 0.226 e. The molecule has 126 valence electrons. The fraction of sp³-hybridized carbons (Fsp3) is 0.312. The second-order valence-corrected chi connectivity index (χ2v) is 5.18. The highest BCUT2D eigenvalue weighted by molar-refractivity contribution is 5.87. The molecule has 0 aliphatic carbocycles. The first kappa shape index (κ1) is 15.9. The van der Waals surface area contributed by atoms with Crippen molar-refractivity contribution in [3.63, 3.8) is 0 Å². The summed E-state index contributed by atoms with van der Waals surface area (Å²) in [6.45, 7) is 0.532. The van der Waals surface area contributed by atoms with Gasteiger partial charge in [-0.05, 0) is 18.2 Å². The van der Waals surface area contributed by atoms with Gasteiger partial charge in [0.2, 0.25) is 5.95 Å². The van der Waals surface area contributed by atoms with E-state index in [0.717, 1.165) is 28.1 Å². The minimum Gasteiger partial charge on any atom is -0.497 e. The third-order valence-corrected chi connectivity index (χ3v) is 3.75. The highest BCUT2D eigenvalue weighted by atomic mass is 16.5. The van der Waals surface area contributed by atoms with Crippen molar-refractivity contribution >= 4 is 22.8 Å². The summed E-state index contributed by atoms with van der Waals surface area (Å²) in [5, 5.41) is 11.4. The number of ether oxygens (including phenoxy) is 2. The van der Waals surface area contributed by atoms with Gasteiger partial charge in [-0.1, -0.05) is 0 Å². The number of aryl methyl sites for hydroxylation is 1. The lowest BCUT2D eigenvalue weighted by Gasteiger charge is -2.13. The Hall–Kier alpha value is -3.03. The van der Waals surface area contributed by atoms with E-state index in [-0.39, 0.29) is 0 Å². The van der Waals surface area contributed by atoms with Crippen LogP contribution >= 0.6 is 0 Å². The summed E-state index contributed by atoms with van der Waals surface area (Å²) >= 11 is 0. The predicted octanol–water partition coefficient (Wildman–Crippen LogP) is 2.03. The maximum atomic E-state index is 5.41. The van der Waals surface area contributed by atoms with Gasteiger partial charge >= 0.3 is 0 Å². The molecule has 0 bridgehead atoms. The lowest BCUT2D eigenvalue weighted by molar-refractivity contribution is 0.399. The van der Waals surface area contributed by atoms with E-state index >= 15 is 0 Å². The Bertz CT molecular complexity index is 861. The monoisotopic (exact) mass is 328 g/mol. The second-order valence-electron chi connectivity index (χ2n) is 5.18. The molecule has 0 saturated heterocycles. The first-order chi connectivity index (χ1) is 11.7. The zero-order valence-corrected chi connectivity index (χ0v) is 14.1. The van der Waals surface area contributed by atoms with Crippen LogP contribution in [0, 0.1) is 0 Å². The number of nitrogens with one attached hydrogen (secondary N) is 2. The molecule has 2 N–H and O–H groups in total. The molecular formula is C16H20N6O2. The topological polar surface area (TPSA) is 86.1 Å². The highest BCUT2D eigenvalue weighted by Gasteiger charge is 2.12. The minimum absolute atomic E-state index is 0.532. The molecule has 3 aromatic rings. The molecule has 0 spiro atoms. The van der Waals surface area contributed by atoms with E-state index < -0.39 is 0 Å². The fourth-order valence-electron chi connectivity index (χ4n) is 2.47. The SMILES string of the molecule is CNc1nc(NCc2cc(OC)ccc2OC)c2cnn(C)c2n1. The van der Waals surface area contributed by atoms with Crippen molar-refractivity contribution in [1.29, 1.82) is 0 Å². The number of methoxy groups -OCH3 is 2. The van der Waals surface area contributed by atoms with Crippen LogP contribution in [0.4, 0.5) is 11.8 Å². The molecule has 0 aliphatic heterocycles. The van der Waals surface area contributed by atoms with Gasteiger partial charge in [-0.3, -0.25) is 4.68 Å². The Balaban J connectivity index is 1.93. The van der Waals surface area contributed by atoms with Crippen LogP contribution in [0.1, 0.15) is 5.56 Å². The van der Waals surface area contributed by atoms with Gasteiger partial charge < -0.3 is 20.1 Å². The molecule has 0 radical (unpaired) electrons. The average Bonchev–Trinajstić information content (AvgIpc) is 3.00. The number of hydrogen-bond donors (Lipinski definition) is 2. The number of nitrogens with zero attached hydrogens (tertiary/aromatic N) is 4. The van der Waals surface area contributed by atoms with Crippen LogP contribution in [-0.2, 0) is 13.6 Å². The van der Waals surface area contributed by atoms with Crippen LogP contribution in [0.5, 0.6) is 11.5 Å². The van der Waals surface area contributed by atoms with Crippen LogP contribution in [0.2, 0.25) is 0 Å². The van der Waals surface area contributed by atoms with E-state index in [2.05, 4.69) is 25.7 Å². The summed E-state index contributed by atoms with van der Waals surface area (Å²) in [5.41, 5.74) is 1.73. The van der Waals surface area contributed by atoms with Gasteiger partial charge in [0.25, 0.3) is 0 Å². The summed E-state index contributed by atoms with van der Waals surface area (Å²) in [4.78, 5) is 8.91. The van der Waals surface area contributed by atoms with Crippen LogP contribution < -0.4 is 20.1 Å². The van der Waals surface area contributed by atoms with E-state index in [1.807, 2.05) is 25.2 Å². The third-order valence-electron chi connectivity index (χ3n) is 3.75. The molecule has 0 fully saturated rings. The van der Waals surface area contributed by atoms with Gasteiger partial charge in [0, 0.05) is 26.2 Å². The van der Waals surface area contributed by atoms with Gasteiger partial charge in [0.1, 0.15) is 17.3 Å². The van der Waals surface area contributed by atoms with Crippen molar-refractivity contribution in [3.8, 4) is 11.5 Å². The van der Waals surface area contributed by atoms with E-state index in [1.54, 1.807) is 32.1 Å². The number of hydrogen-bond acceptors (Lipinski definition) is 7. The lowest BCUT2D eigenvalue weighted by atomic mass is 10.2. The number of aromatic nitrogens is 4. The van der Waals surface area contributed by atoms with Crippen LogP contribution in [-0.4, -0.2) is 41.0 Å². The van der Waals surface area contributed by atoms with E-state index in [0.29, 0.717) is 18.3 Å². The van der Waals surface area contributed by atoms with Gasteiger partial charge in [-0.15, -0.1) is 0 Å². The molecule has 2 aromatic heterocycles. The highest BCUT2D eigenvalue weighted by Crippen LogP contribution is 2.26. The molecule has 0 aliphatic rings. The summed E-state index contributed by atoms with van der Waals surface area (Å²) in [5.74, 6) is 2.81. The summed E-state index contributed by atoms with van der Waals surface area (Å²) in [6.07, 6.45) is 1.75. The molecule has 8 nitrogen and oxygen atoms in total. The zero-order chi connectivity index (χ0) is 17.1.